The van der Waals surface area contributed by atoms with Gasteiger partial charge in [0.2, 0.25) is 0 Å². The molecule has 1 aliphatic heterocycles. The predicted octanol–water partition coefficient (Wildman–Crippen LogP) is 1.91. The van der Waals surface area contributed by atoms with Crippen molar-refractivity contribution in [3.8, 4) is 0 Å². The Kier molecular flexibility index (Phi) is 2.38. The van der Waals surface area contributed by atoms with Gasteiger partial charge in [0.25, 0.3) is 0 Å². The fourth-order valence-electron chi connectivity index (χ4n) is 1.45. The Bertz CT molecular complexity index is 117. The molecule has 0 spiro atoms. The highest BCUT2D eigenvalue weighted by Gasteiger charge is 2.24. The minimum Gasteiger partial charge on any atom is -0.350 e. The lowest BCUT2D eigenvalue weighted by molar-refractivity contribution is -0.0541. The summed E-state index contributed by atoms with van der Waals surface area (Å²) in [6.07, 6.45) is 1.64. The molecule has 0 aromatic rings. The number of nitrogens with zero attached hydrogens (tertiary/aromatic N) is 1. The van der Waals surface area contributed by atoms with Crippen molar-refractivity contribution in [1.29, 1.82) is 0 Å². The zero-order chi connectivity index (χ0) is 7.56. The quantitative estimate of drug-likeness (QED) is 0.526. The second kappa shape index (κ2) is 3.10. The number of nitroso groups, excluding NO2 is 1. The van der Waals surface area contributed by atoms with Gasteiger partial charge in [0.15, 0.2) is 6.23 Å². The molecule has 0 amide bonds. The van der Waals surface area contributed by atoms with E-state index in [-0.39, 0.29) is 6.10 Å². The average Bonchev–Trinajstić information content (AvgIpc) is 1.85. The van der Waals surface area contributed by atoms with E-state index in [9.17, 15) is 4.91 Å². The lowest BCUT2D eigenvalue weighted by atomic mass is 9.97. The molecule has 0 radical (unpaired) electrons. The molecule has 0 aliphatic carbocycles. The van der Waals surface area contributed by atoms with Gasteiger partial charge in [0.05, 0.1) is 6.10 Å². The van der Waals surface area contributed by atoms with Crippen LogP contribution in [0.4, 0.5) is 0 Å². The molecule has 0 bridgehead atoms. The molecule has 1 aliphatic rings. The third-order valence-corrected chi connectivity index (χ3v) is 1.85. The second-order valence-electron chi connectivity index (χ2n) is 3.08. The Hall–Kier alpha value is -0.440. The van der Waals surface area contributed by atoms with Gasteiger partial charge in [-0.2, -0.15) is 0 Å². The highest BCUT2D eigenvalue weighted by Crippen LogP contribution is 2.24. The molecular weight excluding hydrogens is 130 g/mol. The zero-order valence-electron chi connectivity index (χ0n) is 6.41. The van der Waals surface area contributed by atoms with Crippen LogP contribution in [0.2, 0.25) is 0 Å². The minimum atomic E-state index is -0.390. The van der Waals surface area contributed by atoms with Crippen LogP contribution in [0.15, 0.2) is 5.18 Å². The first-order valence-corrected chi connectivity index (χ1v) is 3.70. The lowest BCUT2D eigenvalue weighted by Gasteiger charge is -2.27. The molecule has 3 heteroatoms. The van der Waals surface area contributed by atoms with Gasteiger partial charge in [0, 0.05) is 6.42 Å². The van der Waals surface area contributed by atoms with E-state index in [4.69, 9.17) is 4.74 Å². The maximum absolute atomic E-state index is 10.1. The van der Waals surface area contributed by atoms with Crippen LogP contribution in [0.3, 0.4) is 0 Å². The normalized spacial score (nSPS) is 41.2. The van der Waals surface area contributed by atoms with Crippen LogP contribution < -0.4 is 0 Å². The lowest BCUT2D eigenvalue weighted by Crippen LogP contribution is -2.28. The first-order chi connectivity index (χ1) is 4.72. The van der Waals surface area contributed by atoms with E-state index in [1.807, 2.05) is 6.92 Å². The van der Waals surface area contributed by atoms with Gasteiger partial charge in [-0.1, -0.05) is 6.92 Å². The summed E-state index contributed by atoms with van der Waals surface area (Å²) in [7, 11) is 0. The Labute approximate surface area is 60.7 Å². The molecule has 1 saturated heterocycles. The second-order valence-corrected chi connectivity index (χ2v) is 3.08. The van der Waals surface area contributed by atoms with Crippen molar-refractivity contribution in [3.05, 3.63) is 4.91 Å². The summed E-state index contributed by atoms with van der Waals surface area (Å²) in [5.41, 5.74) is 0. The maximum atomic E-state index is 10.1. The van der Waals surface area contributed by atoms with Crippen molar-refractivity contribution in [2.45, 2.75) is 39.0 Å². The Morgan fingerprint density at radius 2 is 2.10 bits per heavy atom. The number of hydrogen-bond acceptors (Lipinski definition) is 3. The smallest absolute Gasteiger partial charge is 0.190 e. The highest BCUT2D eigenvalue weighted by atomic mass is 16.5. The summed E-state index contributed by atoms with van der Waals surface area (Å²) in [5.74, 6) is 0.575. The monoisotopic (exact) mass is 143 g/mol. The SMILES string of the molecule is C[C@H]1C[C@@H](C)O[C@@H](N=O)C1. The summed E-state index contributed by atoms with van der Waals surface area (Å²) >= 11 is 0. The number of ether oxygens (including phenoxy) is 1. The predicted molar refractivity (Wildman–Crippen MR) is 38.5 cm³/mol. The van der Waals surface area contributed by atoms with Crippen molar-refractivity contribution < 1.29 is 4.74 Å². The van der Waals surface area contributed by atoms with E-state index in [1.165, 1.54) is 0 Å². The molecule has 0 unspecified atom stereocenters. The molecule has 3 atom stereocenters. The summed E-state index contributed by atoms with van der Waals surface area (Å²) in [5, 5.41) is 2.88. The molecule has 3 nitrogen and oxygen atoms in total. The molecule has 1 rings (SSSR count). The minimum absolute atomic E-state index is 0.200. The summed E-state index contributed by atoms with van der Waals surface area (Å²) in [6, 6.07) is 0. The molecule has 0 aromatic heterocycles. The van der Waals surface area contributed by atoms with Crippen molar-refractivity contribution in [1.82, 2.24) is 0 Å². The van der Waals surface area contributed by atoms with Crippen molar-refractivity contribution in [3.63, 3.8) is 0 Å². The van der Waals surface area contributed by atoms with Gasteiger partial charge in [-0.05, 0) is 24.4 Å². The maximum Gasteiger partial charge on any atom is 0.190 e. The van der Waals surface area contributed by atoms with Crippen LogP contribution in [0.25, 0.3) is 0 Å². The molecule has 0 aromatic carbocycles. The summed E-state index contributed by atoms with van der Waals surface area (Å²) in [6.45, 7) is 4.10. The first kappa shape index (κ1) is 7.66. The Balaban J connectivity index is 2.42. The average molecular weight is 143 g/mol. The zero-order valence-corrected chi connectivity index (χ0v) is 6.41. The molecule has 0 N–H and O–H groups in total. The largest absolute Gasteiger partial charge is 0.350 e. The van der Waals surface area contributed by atoms with Crippen molar-refractivity contribution >= 4 is 0 Å². The van der Waals surface area contributed by atoms with Gasteiger partial charge in [0.1, 0.15) is 0 Å². The van der Waals surface area contributed by atoms with Crippen LogP contribution in [-0.4, -0.2) is 12.3 Å². The van der Waals surface area contributed by atoms with Gasteiger partial charge < -0.3 is 4.74 Å². The van der Waals surface area contributed by atoms with E-state index < -0.39 is 6.23 Å². The van der Waals surface area contributed by atoms with E-state index in [0.717, 1.165) is 12.8 Å². The summed E-state index contributed by atoms with van der Waals surface area (Å²) in [4.78, 5) is 10.1. The third kappa shape index (κ3) is 1.77. The molecule has 10 heavy (non-hydrogen) atoms. The van der Waals surface area contributed by atoms with Gasteiger partial charge in [-0.15, -0.1) is 4.91 Å². The van der Waals surface area contributed by atoms with Crippen LogP contribution in [0.5, 0.6) is 0 Å². The summed E-state index contributed by atoms with van der Waals surface area (Å²) < 4.78 is 5.23. The van der Waals surface area contributed by atoms with Crippen LogP contribution in [0.1, 0.15) is 26.7 Å². The van der Waals surface area contributed by atoms with E-state index in [2.05, 4.69) is 12.1 Å². The fraction of sp³-hybridized carbons (Fsp3) is 1.00. The Morgan fingerprint density at radius 3 is 2.60 bits per heavy atom. The van der Waals surface area contributed by atoms with E-state index in [0.29, 0.717) is 5.92 Å². The van der Waals surface area contributed by atoms with Crippen LogP contribution >= 0.6 is 0 Å². The molecule has 58 valence electrons. The first-order valence-electron chi connectivity index (χ1n) is 3.70. The van der Waals surface area contributed by atoms with Crippen LogP contribution in [0, 0.1) is 10.8 Å². The number of hydrogen-bond donors (Lipinski definition) is 0. The Morgan fingerprint density at radius 1 is 1.40 bits per heavy atom. The van der Waals surface area contributed by atoms with Gasteiger partial charge >= 0.3 is 0 Å². The van der Waals surface area contributed by atoms with Gasteiger partial charge in [-0.25, -0.2) is 0 Å². The van der Waals surface area contributed by atoms with Gasteiger partial charge in [-0.3, -0.25) is 0 Å². The standard InChI is InChI=1S/C7H13NO2/c1-5-3-6(2)10-7(4-5)8-9/h5-7H,3-4H2,1-2H3/t5-,6+,7+/m0/s1. The molecule has 1 heterocycles. The fourth-order valence-corrected chi connectivity index (χ4v) is 1.45. The van der Waals surface area contributed by atoms with E-state index >= 15 is 0 Å². The molecule has 1 fully saturated rings. The topological polar surface area (TPSA) is 38.7 Å². The third-order valence-electron chi connectivity index (χ3n) is 1.85. The van der Waals surface area contributed by atoms with Crippen molar-refractivity contribution in [2.24, 2.45) is 11.1 Å². The highest BCUT2D eigenvalue weighted by molar-refractivity contribution is 4.70. The van der Waals surface area contributed by atoms with Crippen molar-refractivity contribution in [2.75, 3.05) is 0 Å². The molecular formula is C7H13NO2. The number of rotatable bonds is 1. The van der Waals surface area contributed by atoms with Crippen LogP contribution in [-0.2, 0) is 4.74 Å². The van der Waals surface area contributed by atoms with E-state index in [1.54, 1.807) is 0 Å². The molecule has 0 saturated carbocycles.